The van der Waals surface area contributed by atoms with Gasteiger partial charge < -0.3 is 30.0 Å². The number of rotatable bonds is 12. The average molecular weight is 672 g/mol. The average Bonchev–Trinajstić information content (AvgIpc) is 3.67. The number of nitrogens with one attached hydrogen (secondary N) is 1. The standard InChI is InChI=1S/C37H46FN7O4/c38-33-34(43-17-4-5-18-43)39-26-40-35(33)45-19-7-9-29(25-45)32(46)12-6-8-28(36(47)48)24-27-13-15-30(16-14-27)41-37(49)44-22-20-42(21-23-44)31-10-2-1-3-11-31/h1-3,10-11,13-16,26,28-29H,4-9,12,17-25H2,(H,41,49)(H,47,48). The second-order valence-corrected chi connectivity index (χ2v) is 13.3. The largest absolute Gasteiger partial charge is 0.481 e. The van der Waals surface area contributed by atoms with Gasteiger partial charge in [-0.05, 0) is 74.8 Å². The molecule has 49 heavy (non-hydrogen) atoms. The van der Waals surface area contributed by atoms with Gasteiger partial charge in [0, 0.05) is 76.1 Å². The fourth-order valence-corrected chi connectivity index (χ4v) is 7.21. The number of carbonyl (C=O) groups excluding carboxylic acids is 2. The van der Waals surface area contributed by atoms with Gasteiger partial charge in [-0.25, -0.2) is 14.8 Å². The number of anilines is 4. The molecule has 2 unspecified atom stereocenters. The fourth-order valence-electron chi connectivity index (χ4n) is 7.21. The molecule has 4 heterocycles. The minimum atomic E-state index is -0.892. The van der Waals surface area contributed by atoms with E-state index < -0.39 is 17.7 Å². The van der Waals surface area contributed by atoms with Gasteiger partial charge in [-0.2, -0.15) is 4.39 Å². The first-order chi connectivity index (χ1) is 23.9. The lowest BCUT2D eigenvalue weighted by molar-refractivity contribution is -0.142. The van der Waals surface area contributed by atoms with Crippen LogP contribution in [-0.2, 0) is 16.0 Å². The highest BCUT2D eigenvalue weighted by Gasteiger charge is 2.30. The van der Waals surface area contributed by atoms with E-state index in [1.54, 1.807) is 17.0 Å². The van der Waals surface area contributed by atoms with Crippen molar-refractivity contribution in [1.82, 2.24) is 14.9 Å². The normalized spacial score (nSPS) is 18.8. The maximum atomic E-state index is 15.4. The Bertz CT molecular complexity index is 1580. The zero-order valence-electron chi connectivity index (χ0n) is 28.0. The summed E-state index contributed by atoms with van der Waals surface area (Å²) in [6, 6.07) is 17.3. The summed E-state index contributed by atoms with van der Waals surface area (Å²) in [5, 5.41) is 12.9. The van der Waals surface area contributed by atoms with E-state index in [9.17, 15) is 19.5 Å². The number of Topliss-reactive ketones (excluding diaryl/α,β-unsaturated/α-hetero) is 1. The number of benzene rings is 2. The lowest BCUT2D eigenvalue weighted by Gasteiger charge is -2.36. The van der Waals surface area contributed by atoms with Crippen molar-refractivity contribution in [3.63, 3.8) is 0 Å². The number of ketones is 1. The molecule has 0 saturated carbocycles. The first-order valence-electron chi connectivity index (χ1n) is 17.6. The third-order valence-corrected chi connectivity index (χ3v) is 10.0. The number of nitrogens with zero attached hydrogens (tertiary/aromatic N) is 6. The SMILES string of the molecule is O=C(O)C(CCCC(=O)C1CCCN(c2ncnc(N3CCCC3)c2F)C1)Cc1ccc(NC(=O)N2CCN(c3ccccc3)CC2)cc1. The number of urea groups is 1. The molecule has 2 N–H and O–H groups in total. The van der Waals surface area contributed by atoms with Gasteiger partial charge in [-0.1, -0.05) is 30.3 Å². The molecule has 3 aliphatic heterocycles. The molecule has 12 heteroatoms. The molecule has 3 fully saturated rings. The number of aliphatic carboxylic acids is 1. The van der Waals surface area contributed by atoms with Crippen LogP contribution in [0.3, 0.4) is 0 Å². The number of carbonyl (C=O) groups is 3. The topological polar surface area (TPSA) is 122 Å². The molecular formula is C37H46FN7O4. The van der Waals surface area contributed by atoms with Crippen molar-refractivity contribution in [3.05, 3.63) is 72.3 Å². The van der Waals surface area contributed by atoms with Gasteiger partial charge in [-0.3, -0.25) is 9.59 Å². The summed E-state index contributed by atoms with van der Waals surface area (Å²) >= 11 is 0. The van der Waals surface area contributed by atoms with Crippen molar-refractivity contribution in [1.29, 1.82) is 0 Å². The van der Waals surface area contributed by atoms with E-state index in [1.807, 2.05) is 40.1 Å². The number of carboxylic acid groups (broad SMARTS) is 1. The summed E-state index contributed by atoms with van der Waals surface area (Å²) in [6.45, 7) is 5.38. The van der Waals surface area contributed by atoms with E-state index in [0.717, 1.165) is 63.1 Å². The van der Waals surface area contributed by atoms with Gasteiger partial charge in [0.25, 0.3) is 0 Å². The molecule has 260 valence electrons. The van der Waals surface area contributed by atoms with Gasteiger partial charge in [-0.15, -0.1) is 0 Å². The molecular weight excluding hydrogens is 625 g/mol. The monoisotopic (exact) mass is 671 g/mol. The number of carboxylic acids is 1. The van der Waals surface area contributed by atoms with Crippen molar-refractivity contribution < 1.29 is 23.9 Å². The summed E-state index contributed by atoms with van der Waals surface area (Å²) in [5.74, 6) is -1.50. The van der Waals surface area contributed by atoms with Crippen molar-refractivity contribution in [2.75, 3.05) is 72.4 Å². The second kappa shape index (κ2) is 16.1. The van der Waals surface area contributed by atoms with Crippen LogP contribution >= 0.6 is 0 Å². The minimum absolute atomic E-state index is 0.0876. The molecule has 6 rings (SSSR count). The number of piperidine rings is 1. The Balaban J connectivity index is 0.948. The second-order valence-electron chi connectivity index (χ2n) is 13.3. The van der Waals surface area contributed by atoms with Crippen LogP contribution in [0.5, 0.6) is 0 Å². The molecule has 2 atom stereocenters. The molecule has 0 aliphatic carbocycles. The Hall–Kier alpha value is -4.74. The van der Waals surface area contributed by atoms with Crippen LogP contribution < -0.4 is 20.0 Å². The number of piperazine rings is 1. The van der Waals surface area contributed by atoms with Crippen LogP contribution in [-0.4, -0.2) is 90.1 Å². The van der Waals surface area contributed by atoms with Crippen molar-refractivity contribution in [2.45, 2.75) is 51.4 Å². The van der Waals surface area contributed by atoms with Crippen molar-refractivity contribution in [3.8, 4) is 0 Å². The van der Waals surface area contributed by atoms with Crippen molar-refractivity contribution in [2.24, 2.45) is 11.8 Å². The Morgan fingerprint density at radius 3 is 2.20 bits per heavy atom. The lowest BCUT2D eigenvalue weighted by Crippen LogP contribution is -2.50. The van der Waals surface area contributed by atoms with E-state index in [1.165, 1.54) is 6.33 Å². The summed E-state index contributed by atoms with van der Waals surface area (Å²) in [7, 11) is 0. The first-order valence-corrected chi connectivity index (χ1v) is 17.6. The highest BCUT2D eigenvalue weighted by molar-refractivity contribution is 5.89. The maximum Gasteiger partial charge on any atom is 0.321 e. The van der Waals surface area contributed by atoms with Crippen LogP contribution in [0.1, 0.15) is 50.5 Å². The van der Waals surface area contributed by atoms with Crippen LogP contribution in [0.2, 0.25) is 0 Å². The van der Waals surface area contributed by atoms with Crippen LogP contribution in [0.15, 0.2) is 60.9 Å². The summed E-state index contributed by atoms with van der Waals surface area (Å²) < 4.78 is 15.4. The van der Waals surface area contributed by atoms with E-state index >= 15 is 4.39 Å². The molecule has 2 aromatic carbocycles. The van der Waals surface area contributed by atoms with Gasteiger partial charge in [0.15, 0.2) is 11.6 Å². The van der Waals surface area contributed by atoms with E-state index in [-0.39, 0.29) is 30.0 Å². The summed E-state index contributed by atoms with van der Waals surface area (Å²) in [6.07, 6.45) is 6.41. The molecule has 0 bridgehead atoms. The number of hydrogen-bond acceptors (Lipinski definition) is 8. The predicted molar refractivity (Wildman–Crippen MR) is 188 cm³/mol. The van der Waals surface area contributed by atoms with E-state index in [2.05, 4.69) is 32.3 Å². The third kappa shape index (κ3) is 8.65. The number of para-hydroxylation sites is 1. The van der Waals surface area contributed by atoms with Gasteiger partial charge >= 0.3 is 12.0 Å². The van der Waals surface area contributed by atoms with Crippen LogP contribution in [0.4, 0.5) is 32.2 Å². The molecule has 0 spiro atoms. The number of aromatic nitrogens is 2. The minimum Gasteiger partial charge on any atom is -0.481 e. The molecule has 0 radical (unpaired) electrons. The Labute approximate surface area is 287 Å². The number of hydrogen-bond donors (Lipinski definition) is 2. The summed E-state index contributed by atoms with van der Waals surface area (Å²) in [4.78, 5) is 54.5. The molecule has 3 aliphatic rings. The molecule has 1 aromatic heterocycles. The quantitative estimate of drug-likeness (QED) is 0.258. The number of amides is 2. The zero-order valence-corrected chi connectivity index (χ0v) is 28.0. The Morgan fingerprint density at radius 1 is 0.837 bits per heavy atom. The lowest BCUT2D eigenvalue weighted by atomic mass is 9.88. The van der Waals surface area contributed by atoms with Gasteiger partial charge in [0.05, 0.1) is 5.92 Å². The third-order valence-electron chi connectivity index (χ3n) is 10.0. The van der Waals surface area contributed by atoms with Crippen LogP contribution in [0.25, 0.3) is 0 Å². The predicted octanol–water partition coefficient (Wildman–Crippen LogP) is 5.47. The number of halogens is 1. The zero-order chi connectivity index (χ0) is 34.2. The Kier molecular flexibility index (Phi) is 11.2. The molecule has 3 aromatic rings. The highest BCUT2D eigenvalue weighted by Crippen LogP contribution is 2.30. The van der Waals surface area contributed by atoms with Gasteiger partial charge in [0.1, 0.15) is 12.1 Å². The smallest absolute Gasteiger partial charge is 0.321 e. The fraction of sp³-hybridized carbons (Fsp3) is 0.486. The Morgan fingerprint density at radius 2 is 1.51 bits per heavy atom. The molecule has 2 amide bonds. The van der Waals surface area contributed by atoms with Gasteiger partial charge in [0.2, 0.25) is 5.82 Å². The maximum absolute atomic E-state index is 15.4. The first kappa shape index (κ1) is 34.1. The molecule has 11 nitrogen and oxygen atoms in total. The van der Waals surface area contributed by atoms with Crippen molar-refractivity contribution >= 4 is 40.8 Å². The molecule has 3 saturated heterocycles. The van der Waals surface area contributed by atoms with E-state index in [4.69, 9.17) is 0 Å². The highest BCUT2D eigenvalue weighted by atomic mass is 19.1. The van der Waals surface area contributed by atoms with E-state index in [0.29, 0.717) is 56.9 Å². The van der Waals surface area contributed by atoms with Crippen LogP contribution in [0, 0.1) is 17.7 Å². The summed E-state index contributed by atoms with van der Waals surface area (Å²) in [5.41, 5.74) is 2.67.